The highest BCUT2D eigenvalue weighted by atomic mass is 15.0. The minimum atomic E-state index is 0.368. The maximum Gasteiger partial charge on any atom is 0.182 e. The van der Waals surface area contributed by atoms with Gasteiger partial charge in [0.15, 0.2) is 11.5 Å². The summed E-state index contributed by atoms with van der Waals surface area (Å²) in [5, 5.41) is 12.1. The van der Waals surface area contributed by atoms with Gasteiger partial charge in [-0.15, -0.1) is 0 Å². The lowest BCUT2D eigenvalue weighted by atomic mass is 10.1. The third-order valence-corrected chi connectivity index (χ3v) is 2.27. The molecule has 0 saturated carbocycles. The molecule has 15 heavy (non-hydrogen) atoms. The molecule has 1 heterocycles. The van der Waals surface area contributed by atoms with Gasteiger partial charge in [0.2, 0.25) is 0 Å². The standard InChI is InChI=1S/C11H16N4/c1-3-5-9(4-2)15-11-10(8-12)13-6-7-14-11/h6-7,9H,3-5H2,1-2H3,(H,14,15). The molecule has 4 nitrogen and oxygen atoms in total. The van der Waals surface area contributed by atoms with Crippen molar-refractivity contribution in [2.24, 2.45) is 0 Å². The van der Waals surface area contributed by atoms with Crippen molar-refractivity contribution in [2.45, 2.75) is 39.2 Å². The number of nitrogens with zero attached hydrogens (tertiary/aromatic N) is 3. The summed E-state index contributed by atoms with van der Waals surface area (Å²) < 4.78 is 0. The Morgan fingerprint density at radius 3 is 2.73 bits per heavy atom. The molecule has 1 atom stereocenters. The van der Waals surface area contributed by atoms with Crippen molar-refractivity contribution >= 4 is 5.82 Å². The fraction of sp³-hybridized carbons (Fsp3) is 0.545. The second-order valence-electron chi connectivity index (χ2n) is 3.40. The molecular formula is C11H16N4. The number of hydrogen-bond donors (Lipinski definition) is 1. The molecule has 1 unspecified atom stereocenters. The van der Waals surface area contributed by atoms with Crippen molar-refractivity contribution in [3.8, 4) is 6.07 Å². The van der Waals surface area contributed by atoms with E-state index in [2.05, 4.69) is 29.1 Å². The highest BCUT2D eigenvalue weighted by molar-refractivity contribution is 5.47. The smallest absolute Gasteiger partial charge is 0.182 e. The molecular weight excluding hydrogens is 188 g/mol. The van der Waals surface area contributed by atoms with Gasteiger partial charge in [-0.1, -0.05) is 20.3 Å². The van der Waals surface area contributed by atoms with Gasteiger partial charge in [-0.25, -0.2) is 9.97 Å². The Morgan fingerprint density at radius 1 is 1.40 bits per heavy atom. The van der Waals surface area contributed by atoms with Gasteiger partial charge in [-0.2, -0.15) is 5.26 Å². The molecule has 0 saturated heterocycles. The number of anilines is 1. The van der Waals surface area contributed by atoms with E-state index in [0.717, 1.165) is 19.3 Å². The van der Waals surface area contributed by atoms with Crippen LogP contribution >= 0.6 is 0 Å². The summed E-state index contributed by atoms with van der Waals surface area (Å²) in [5.41, 5.74) is 0.368. The Labute approximate surface area is 90.4 Å². The first-order valence-corrected chi connectivity index (χ1v) is 5.29. The lowest BCUT2D eigenvalue weighted by Gasteiger charge is -2.16. The fourth-order valence-corrected chi connectivity index (χ4v) is 1.45. The quantitative estimate of drug-likeness (QED) is 0.799. The lowest BCUT2D eigenvalue weighted by Crippen LogP contribution is -2.19. The molecule has 4 heteroatoms. The zero-order valence-electron chi connectivity index (χ0n) is 9.20. The van der Waals surface area contributed by atoms with Crippen LogP contribution in [0.2, 0.25) is 0 Å². The summed E-state index contributed by atoms with van der Waals surface area (Å²) in [7, 11) is 0. The molecule has 0 aliphatic heterocycles. The van der Waals surface area contributed by atoms with Crippen LogP contribution in [0.3, 0.4) is 0 Å². The van der Waals surface area contributed by atoms with Crippen LogP contribution in [0, 0.1) is 11.3 Å². The Balaban J connectivity index is 2.74. The highest BCUT2D eigenvalue weighted by Crippen LogP contribution is 2.12. The Bertz CT molecular complexity index is 343. The van der Waals surface area contributed by atoms with Gasteiger partial charge in [-0.05, 0) is 12.8 Å². The SMILES string of the molecule is CCCC(CC)Nc1nccnc1C#N. The second kappa shape index (κ2) is 5.97. The third kappa shape index (κ3) is 3.21. The number of nitrogens with one attached hydrogen (secondary N) is 1. The van der Waals surface area contributed by atoms with Crippen molar-refractivity contribution in [1.82, 2.24) is 9.97 Å². The van der Waals surface area contributed by atoms with E-state index >= 15 is 0 Å². The number of nitriles is 1. The zero-order valence-corrected chi connectivity index (χ0v) is 9.20. The maximum atomic E-state index is 8.84. The van der Waals surface area contributed by atoms with Gasteiger partial charge >= 0.3 is 0 Å². The van der Waals surface area contributed by atoms with Crippen LogP contribution in [0.25, 0.3) is 0 Å². The van der Waals surface area contributed by atoms with Crippen LogP contribution in [0.5, 0.6) is 0 Å². The fourth-order valence-electron chi connectivity index (χ4n) is 1.45. The van der Waals surface area contributed by atoms with Crippen molar-refractivity contribution in [3.05, 3.63) is 18.1 Å². The molecule has 0 spiro atoms. The Kier molecular flexibility index (Phi) is 4.55. The van der Waals surface area contributed by atoms with E-state index in [4.69, 9.17) is 5.26 Å². The van der Waals surface area contributed by atoms with Gasteiger partial charge < -0.3 is 5.32 Å². The van der Waals surface area contributed by atoms with Gasteiger partial charge in [-0.3, -0.25) is 0 Å². The molecule has 1 aromatic heterocycles. The van der Waals surface area contributed by atoms with Crippen LogP contribution in [0.15, 0.2) is 12.4 Å². The minimum Gasteiger partial charge on any atom is -0.365 e. The molecule has 1 rings (SSSR count). The molecule has 1 N–H and O–H groups in total. The monoisotopic (exact) mass is 204 g/mol. The average molecular weight is 204 g/mol. The lowest BCUT2D eigenvalue weighted by molar-refractivity contribution is 0.620. The van der Waals surface area contributed by atoms with E-state index in [1.54, 1.807) is 6.20 Å². The van der Waals surface area contributed by atoms with Crippen LogP contribution in [0.4, 0.5) is 5.82 Å². The molecule has 1 aromatic rings. The number of rotatable bonds is 5. The Hall–Kier alpha value is -1.63. The molecule has 0 fully saturated rings. The van der Waals surface area contributed by atoms with Gasteiger partial charge in [0, 0.05) is 18.4 Å². The van der Waals surface area contributed by atoms with Crippen LogP contribution in [0.1, 0.15) is 38.8 Å². The first-order valence-electron chi connectivity index (χ1n) is 5.29. The third-order valence-electron chi connectivity index (χ3n) is 2.27. The summed E-state index contributed by atoms with van der Waals surface area (Å²) >= 11 is 0. The largest absolute Gasteiger partial charge is 0.365 e. The van der Waals surface area contributed by atoms with E-state index in [-0.39, 0.29) is 0 Å². The molecule has 0 aliphatic rings. The number of hydrogen-bond acceptors (Lipinski definition) is 4. The molecule has 0 aliphatic carbocycles. The first-order chi connectivity index (χ1) is 7.31. The van der Waals surface area contributed by atoms with Crippen molar-refractivity contribution in [3.63, 3.8) is 0 Å². The maximum absolute atomic E-state index is 8.84. The van der Waals surface area contributed by atoms with Crippen LogP contribution in [-0.4, -0.2) is 16.0 Å². The van der Waals surface area contributed by atoms with Crippen molar-refractivity contribution < 1.29 is 0 Å². The predicted molar refractivity (Wildman–Crippen MR) is 59.4 cm³/mol. The summed E-state index contributed by atoms with van der Waals surface area (Å²) in [4.78, 5) is 8.08. The summed E-state index contributed by atoms with van der Waals surface area (Å²) in [6.07, 6.45) is 6.35. The van der Waals surface area contributed by atoms with Crippen LogP contribution in [-0.2, 0) is 0 Å². The number of aromatic nitrogens is 2. The highest BCUT2D eigenvalue weighted by Gasteiger charge is 2.09. The summed E-state index contributed by atoms with van der Waals surface area (Å²) in [6.45, 7) is 4.27. The van der Waals surface area contributed by atoms with E-state index in [1.165, 1.54) is 6.20 Å². The molecule has 0 aromatic carbocycles. The van der Waals surface area contributed by atoms with Crippen LogP contribution < -0.4 is 5.32 Å². The van der Waals surface area contributed by atoms with E-state index in [0.29, 0.717) is 17.6 Å². The first kappa shape index (κ1) is 11.4. The molecule has 0 bridgehead atoms. The van der Waals surface area contributed by atoms with E-state index in [1.807, 2.05) is 6.07 Å². The molecule has 0 radical (unpaired) electrons. The molecule has 80 valence electrons. The Morgan fingerprint density at radius 2 is 2.13 bits per heavy atom. The summed E-state index contributed by atoms with van der Waals surface area (Å²) in [6, 6.07) is 2.40. The predicted octanol–water partition coefficient (Wildman–Crippen LogP) is 2.34. The van der Waals surface area contributed by atoms with Crippen molar-refractivity contribution in [1.29, 1.82) is 5.26 Å². The topological polar surface area (TPSA) is 61.6 Å². The minimum absolute atomic E-state index is 0.368. The zero-order chi connectivity index (χ0) is 11.1. The van der Waals surface area contributed by atoms with E-state index in [9.17, 15) is 0 Å². The van der Waals surface area contributed by atoms with E-state index < -0.39 is 0 Å². The summed E-state index contributed by atoms with van der Waals surface area (Å²) in [5.74, 6) is 0.598. The average Bonchev–Trinajstić information content (AvgIpc) is 2.29. The normalized spacial score (nSPS) is 11.8. The van der Waals surface area contributed by atoms with Gasteiger partial charge in [0.1, 0.15) is 6.07 Å². The van der Waals surface area contributed by atoms with Gasteiger partial charge in [0.05, 0.1) is 0 Å². The van der Waals surface area contributed by atoms with Gasteiger partial charge in [0.25, 0.3) is 0 Å². The second-order valence-corrected chi connectivity index (χ2v) is 3.40. The molecule has 0 amide bonds. The van der Waals surface area contributed by atoms with Crippen molar-refractivity contribution in [2.75, 3.05) is 5.32 Å².